The standard InChI is InChI=1S/H3N2O6P4/c1-11(9)7-5-6-8-12(4)2-10-3/h1H,9H2/q+1. The summed E-state index contributed by atoms with van der Waals surface area (Å²) in [5.74, 6) is 0. The third-order valence-corrected chi connectivity index (χ3v) is 1.89. The van der Waals surface area contributed by atoms with Crippen molar-refractivity contribution in [2.45, 2.75) is 0 Å². The maximum absolute atomic E-state index is 10.3. The van der Waals surface area contributed by atoms with Crippen molar-refractivity contribution in [3.63, 3.8) is 0 Å². The maximum atomic E-state index is 10.3. The van der Waals surface area contributed by atoms with E-state index in [1.807, 2.05) is 8.93 Å². The van der Waals surface area contributed by atoms with E-state index in [-0.39, 0.29) is 0 Å². The third kappa shape index (κ3) is 8.62. The fourth-order valence-electron chi connectivity index (χ4n) is 0.128. The van der Waals surface area contributed by atoms with Gasteiger partial charge in [0.2, 0.25) is 0 Å². The molecule has 0 spiro atoms. The van der Waals surface area contributed by atoms with Crippen LogP contribution in [0.1, 0.15) is 0 Å². The average Bonchev–Trinajstić information content (AvgIpc) is 1.98. The maximum Gasteiger partial charge on any atom is 0.417 e. The summed E-state index contributed by atoms with van der Waals surface area (Å²) in [6.07, 6.45) is 0. The molecule has 1 N–H and O–H groups in total. The molecule has 0 radical (unpaired) electrons. The Balaban J connectivity index is 3.37. The highest BCUT2D eigenvalue weighted by Gasteiger charge is 2.08. The predicted octanol–water partition coefficient (Wildman–Crippen LogP) is 1.81. The molecular weight excluding hydrogens is 248 g/mol. The molecule has 0 aromatic carbocycles. The van der Waals surface area contributed by atoms with Crippen molar-refractivity contribution in [1.82, 2.24) is 0 Å². The van der Waals surface area contributed by atoms with Crippen molar-refractivity contribution in [1.29, 1.82) is 5.16 Å². The van der Waals surface area contributed by atoms with Crippen molar-refractivity contribution in [2.24, 2.45) is 4.52 Å². The molecule has 0 fully saturated rings. The Morgan fingerprint density at radius 3 is 2.58 bits per heavy atom. The van der Waals surface area contributed by atoms with Gasteiger partial charge in [-0.1, -0.05) is 5.16 Å². The second kappa shape index (κ2) is 8.14. The van der Waals surface area contributed by atoms with Gasteiger partial charge in [-0.05, 0) is 0 Å². The fraction of sp³-hybridized carbons (Fsp3) is 0. The van der Waals surface area contributed by atoms with Crippen LogP contribution in [-0.2, 0) is 24.0 Å². The van der Waals surface area contributed by atoms with Crippen molar-refractivity contribution in [3.8, 4) is 0 Å². The molecular formula is H3N2O6P4+. The van der Waals surface area contributed by atoms with Gasteiger partial charge in [0, 0.05) is 23.9 Å². The minimum absolute atomic E-state index is 0.687. The third-order valence-electron chi connectivity index (χ3n) is 0.342. The van der Waals surface area contributed by atoms with Crippen LogP contribution in [0.25, 0.3) is 0 Å². The lowest BCUT2D eigenvalue weighted by Gasteiger charge is -1.87. The fourth-order valence-corrected chi connectivity index (χ4v) is 0.759. The van der Waals surface area contributed by atoms with E-state index in [9.17, 15) is 9.46 Å². The summed E-state index contributed by atoms with van der Waals surface area (Å²) in [7, 11) is -2.85. The molecule has 0 aromatic heterocycles. The highest BCUT2D eigenvalue weighted by molar-refractivity contribution is 8.04. The second-order valence-corrected chi connectivity index (χ2v) is 4.73. The second-order valence-electron chi connectivity index (χ2n) is 1.02. The summed E-state index contributed by atoms with van der Waals surface area (Å²) in [5.41, 5.74) is 0. The molecule has 0 saturated heterocycles. The molecule has 12 heavy (non-hydrogen) atoms. The van der Waals surface area contributed by atoms with E-state index in [2.05, 4.69) is 23.9 Å². The summed E-state index contributed by atoms with van der Waals surface area (Å²) in [6, 6.07) is 0. The van der Waals surface area contributed by atoms with Gasteiger partial charge in [0.25, 0.3) is 0 Å². The molecule has 0 bridgehead atoms. The Morgan fingerprint density at radius 1 is 1.50 bits per heavy atom. The van der Waals surface area contributed by atoms with Gasteiger partial charge in [0.1, 0.15) is 0 Å². The van der Waals surface area contributed by atoms with Crippen LogP contribution in [0.15, 0.2) is 4.52 Å². The van der Waals surface area contributed by atoms with Gasteiger partial charge < -0.3 is 4.89 Å². The highest BCUT2D eigenvalue weighted by Crippen LogP contribution is 2.33. The number of hydrogen-bond acceptors (Lipinski definition) is 7. The van der Waals surface area contributed by atoms with Crippen molar-refractivity contribution < 1.29 is 28.9 Å². The quantitative estimate of drug-likeness (QED) is 0.333. The van der Waals surface area contributed by atoms with E-state index in [1.165, 1.54) is 0 Å². The predicted molar refractivity (Wildman–Crippen MR) is 40.6 cm³/mol. The Labute approximate surface area is 72.7 Å². The minimum Gasteiger partial charge on any atom is -0.581 e. The summed E-state index contributed by atoms with van der Waals surface area (Å²) in [4.78, 5) is 10.3. The molecule has 8 nitrogen and oxygen atoms in total. The van der Waals surface area contributed by atoms with Gasteiger partial charge in [-0.3, -0.25) is 0 Å². The van der Waals surface area contributed by atoms with E-state index in [4.69, 9.17) is 5.16 Å². The van der Waals surface area contributed by atoms with E-state index < -0.39 is 24.4 Å². The molecule has 68 valence electrons. The van der Waals surface area contributed by atoms with E-state index in [0.717, 1.165) is 0 Å². The Kier molecular flexibility index (Phi) is 8.50. The van der Waals surface area contributed by atoms with Gasteiger partial charge in [-0.2, -0.15) is 0 Å². The zero-order valence-electron chi connectivity index (χ0n) is 5.32. The zero-order chi connectivity index (χ0) is 9.40. The molecule has 12 heteroatoms. The van der Waals surface area contributed by atoms with Crippen LogP contribution < -0.4 is 4.89 Å². The van der Waals surface area contributed by atoms with E-state index in [1.54, 1.807) is 0 Å². The Hall–Kier alpha value is 0.530. The van der Waals surface area contributed by atoms with E-state index >= 15 is 0 Å². The summed E-state index contributed by atoms with van der Waals surface area (Å²) < 4.78 is 20.4. The number of nitrogens with zero attached hydrogens (tertiary/aromatic N) is 1. The Morgan fingerprint density at radius 2 is 2.08 bits per heavy atom. The molecule has 3 atom stereocenters. The zero-order valence-corrected chi connectivity index (χ0v) is 9.15. The van der Waals surface area contributed by atoms with Crippen LogP contribution in [0.2, 0.25) is 0 Å². The average molecular weight is 251 g/mol. The molecule has 0 rings (SSSR count). The van der Waals surface area contributed by atoms with Gasteiger partial charge in [-0.15, -0.1) is 0 Å². The number of nitrogens with one attached hydrogen (secondary N) is 1. The lowest BCUT2D eigenvalue weighted by Crippen LogP contribution is -1.93. The number of hydrogen-bond donors (Lipinski definition) is 1. The highest BCUT2D eigenvalue weighted by atomic mass is 32.0. The first-order chi connectivity index (χ1) is 5.66. The van der Waals surface area contributed by atoms with Gasteiger partial charge in [0.15, 0.2) is 8.93 Å². The van der Waals surface area contributed by atoms with Crippen molar-refractivity contribution in [2.75, 3.05) is 0 Å². The largest absolute Gasteiger partial charge is 0.581 e. The van der Waals surface area contributed by atoms with Crippen LogP contribution in [0.4, 0.5) is 0 Å². The molecule has 0 heterocycles. The first kappa shape index (κ1) is 12.5. The topological polar surface area (TPSA) is 113 Å². The smallest absolute Gasteiger partial charge is 0.417 e. The summed E-state index contributed by atoms with van der Waals surface area (Å²) in [6.45, 7) is 0. The van der Waals surface area contributed by atoms with Gasteiger partial charge in [0.05, 0.1) is 0 Å². The van der Waals surface area contributed by atoms with Crippen LogP contribution >= 0.6 is 33.3 Å². The SMILES string of the molecule is N=[P+](P)OOOO/[P+]([O-])=N/P=O. The van der Waals surface area contributed by atoms with Gasteiger partial charge >= 0.3 is 24.4 Å². The molecule has 0 amide bonds. The van der Waals surface area contributed by atoms with Crippen LogP contribution in [-0.4, -0.2) is 0 Å². The van der Waals surface area contributed by atoms with Crippen LogP contribution in [0.3, 0.4) is 0 Å². The molecule has 3 unspecified atom stereocenters. The molecule has 0 aliphatic rings. The molecule has 0 aliphatic carbocycles. The lowest BCUT2D eigenvalue weighted by molar-refractivity contribution is -0.579. The monoisotopic (exact) mass is 251 g/mol. The lowest BCUT2D eigenvalue weighted by atomic mass is 13.9. The molecule has 0 saturated carbocycles. The molecule has 0 aromatic rings. The first-order valence-corrected chi connectivity index (χ1v) is 6.89. The summed E-state index contributed by atoms with van der Waals surface area (Å²) in [5, 5.41) is 14.2. The van der Waals surface area contributed by atoms with Crippen LogP contribution in [0, 0.1) is 5.16 Å². The first-order valence-electron chi connectivity index (χ1n) is 2.11. The van der Waals surface area contributed by atoms with Crippen molar-refractivity contribution >= 4 is 33.3 Å². The van der Waals surface area contributed by atoms with Gasteiger partial charge in [-0.25, -0.2) is 4.57 Å². The summed E-state index contributed by atoms with van der Waals surface area (Å²) >= 11 is 0. The minimum atomic E-state index is -2.55. The van der Waals surface area contributed by atoms with Crippen LogP contribution in [0.5, 0.6) is 0 Å². The van der Waals surface area contributed by atoms with E-state index in [0.29, 0.717) is 0 Å². The number of rotatable bonds is 6. The Bertz CT molecular complexity index is 190. The molecule has 0 aliphatic heterocycles. The normalized spacial score (nSPS) is 13.5. The van der Waals surface area contributed by atoms with Crippen molar-refractivity contribution in [3.05, 3.63) is 0 Å².